The Morgan fingerprint density at radius 2 is 1.59 bits per heavy atom. The highest BCUT2D eigenvalue weighted by atomic mass is 32.2. The van der Waals surface area contributed by atoms with Gasteiger partial charge in [-0.25, -0.2) is 8.42 Å². The third kappa shape index (κ3) is 6.86. The Morgan fingerprint density at radius 1 is 0.912 bits per heavy atom. The molecule has 4 N–H and O–H groups in total. The largest absolute Gasteiger partial charge is 0.506 e. The smallest absolute Gasteiger partial charge is 0.229 e. The molecule has 8 nitrogen and oxygen atoms in total. The van der Waals surface area contributed by atoms with E-state index in [2.05, 4.69) is 10.0 Å². The standard InChI is InChI=1S/C25H30N2O6S/c1-32-24-12-10-18(15-25(24)33-2)20(13-17-7-5-4-6-8-17)26-16-23(29)19-9-11-22(28)21(14-19)27-34(3,30)31/h4-12,14-15,20,23,26-29H,13,16H2,1-3H3/t20-,23-/m0/s1. The fourth-order valence-corrected chi connectivity index (χ4v) is 4.20. The zero-order valence-electron chi connectivity index (χ0n) is 19.4. The van der Waals surface area contributed by atoms with Crippen LogP contribution in [0, 0.1) is 0 Å². The van der Waals surface area contributed by atoms with Crippen molar-refractivity contribution in [2.75, 3.05) is 31.7 Å². The molecule has 0 saturated carbocycles. The molecule has 2 atom stereocenters. The molecule has 0 unspecified atom stereocenters. The van der Waals surface area contributed by atoms with Crippen molar-refractivity contribution in [1.82, 2.24) is 5.32 Å². The molecule has 3 aromatic carbocycles. The van der Waals surface area contributed by atoms with E-state index >= 15 is 0 Å². The van der Waals surface area contributed by atoms with Crippen LogP contribution in [0.1, 0.15) is 28.8 Å². The van der Waals surface area contributed by atoms with Gasteiger partial charge in [0.05, 0.1) is 32.3 Å². The predicted molar refractivity (Wildman–Crippen MR) is 132 cm³/mol. The number of aromatic hydroxyl groups is 1. The van der Waals surface area contributed by atoms with E-state index in [4.69, 9.17) is 9.47 Å². The van der Waals surface area contributed by atoms with Crippen LogP contribution in [0.4, 0.5) is 5.69 Å². The first kappa shape index (κ1) is 25.4. The lowest BCUT2D eigenvalue weighted by atomic mass is 9.97. The molecule has 0 radical (unpaired) electrons. The fourth-order valence-electron chi connectivity index (χ4n) is 3.64. The number of benzene rings is 3. The number of ether oxygens (including phenoxy) is 2. The summed E-state index contributed by atoms with van der Waals surface area (Å²) in [5.41, 5.74) is 2.55. The Kier molecular flexibility index (Phi) is 8.38. The highest BCUT2D eigenvalue weighted by Gasteiger charge is 2.18. The zero-order valence-corrected chi connectivity index (χ0v) is 20.2. The van der Waals surface area contributed by atoms with Gasteiger partial charge in [0, 0.05) is 12.6 Å². The Hall–Kier alpha value is -3.27. The van der Waals surface area contributed by atoms with Gasteiger partial charge in [-0.05, 0) is 47.4 Å². The molecule has 9 heteroatoms. The number of aliphatic hydroxyl groups is 1. The van der Waals surface area contributed by atoms with Gasteiger partial charge < -0.3 is 25.0 Å². The fraction of sp³-hybridized carbons (Fsp3) is 0.280. The normalized spacial score (nSPS) is 13.2. The Morgan fingerprint density at radius 3 is 2.24 bits per heavy atom. The molecule has 0 aromatic heterocycles. The minimum absolute atomic E-state index is 0.0137. The van der Waals surface area contributed by atoms with E-state index < -0.39 is 16.1 Å². The second-order valence-corrected chi connectivity index (χ2v) is 9.68. The second-order valence-electron chi connectivity index (χ2n) is 7.93. The first-order valence-electron chi connectivity index (χ1n) is 10.7. The molecule has 0 aliphatic rings. The van der Waals surface area contributed by atoms with E-state index in [1.165, 1.54) is 12.1 Å². The van der Waals surface area contributed by atoms with Crippen molar-refractivity contribution in [3.63, 3.8) is 0 Å². The molecular formula is C25H30N2O6S. The number of phenolic OH excluding ortho intramolecular Hbond substituents is 1. The van der Waals surface area contributed by atoms with Gasteiger partial charge in [0.2, 0.25) is 10.0 Å². The maximum atomic E-state index is 11.6. The van der Waals surface area contributed by atoms with Crippen LogP contribution in [-0.2, 0) is 16.4 Å². The first-order valence-corrected chi connectivity index (χ1v) is 12.6. The molecular weight excluding hydrogens is 456 g/mol. The number of sulfonamides is 1. The predicted octanol–water partition coefficient (Wildman–Crippen LogP) is 3.39. The van der Waals surface area contributed by atoms with Crippen molar-refractivity contribution in [3.8, 4) is 17.2 Å². The third-order valence-corrected chi connectivity index (χ3v) is 5.94. The van der Waals surface area contributed by atoms with Crippen molar-refractivity contribution >= 4 is 15.7 Å². The number of hydrogen-bond donors (Lipinski definition) is 4. The highest BCUT2D eigenvalue weighted by Crippen LogP contribution is 2.32. The lowest BCUT2D eigenvalue weighted by Gasteiger charge is -2.23. The lowest BCUT2D eigenvalue weighted by Crippen LogP contribution is -2.28. The van der Waals surface area contributed by atoms with Gasteiger partial charge in [0.1, 0.15) is 5.75 Å². The number of methoxy groups -OCH3 is 2. The van der Waals surface area contributed by atoms with E-state index in [9.17, 15) is 18.6 Å². The van der Waals surface area contributed by atoms with E-state index in [0.29, 0.717) is 23.5 Å². The van der Waals surface area contributed by atoms with Gasteiger partial charge in [0.25, 0.3) is 0 Å². The number of nitrogens with one attached hydrogen (secondary N) is 2. The third-order valence-electron chi connectivity index (χ3n) is 5.35. The van der Waals surface area contributed by atoms with Gasteiger partial charge in [-0.1, -0.05) is 42.5 Å². The molecule has 0 bridgehead atoms. The van der Waals surface area contributed by atoms with E-state index in [1.54, 1.807) is 20.3 Å². The average molecular weight is 487 g/mol. The average Bonchev–Trinajstić information content (AvgIpc) is 2.82. The minimum atomic E-state index is -3.58. The van der Waals surface area contributed by atoms with Gasteiger partial charge in [-0.3, -0.25) is 4.72 Å². The number of phenols is 1. The Balaban J connectivity index is 1.82. The summed E-state index contributed by atoms with van der Waals surface area (Å²) in [7, 11) is -0.417. The second kappa shape index (κ2) is 11.2. The van der Waals surface area contributed by atoms with Crippen molar-refractivity contribution in [2.24, 2.45) is 0 Å². The molecule has 0 amide bonds. The molecule has 0 aliphatic heterocycles. The molecule has 0 spiro atoms. The molecule has 3 aromatic rings. The van der Waals surface area contributed by atoms with Crippen LogP contribution in [-0.4, -0.2) is 45.7 Å². The van der Waals surface area contributed by atoms with Crippen LogP contribution in [0.3, 0.4) is 0 Å². The van der Waals surface area contributed by atoms with Crippen molar-refractivity contribution in [1.29, 1.82) is 0 Å². The summed E-state index contributed by atoms with van der Waals surface area (Å²) in [6, 6.07) is 19.8. The van der Waals surface area contributed by atoms with E-state index in [-0.39, 0.29) is 24.0 Å². The molecule has 34 heavy (non-hydrogen) atoms. The van der Waals surface area contributed by atoms with E-state index in [0.717, 1.165) is 17.4 Å². The molecule has 182 valence electrons. The van der Waals surface area contributed by atoms with Crippen molar-refractivity contribution < 1.29 is 28.1 Å². The SMILES string of the molecule is COc1ccc([C@H](Cc2ccccc2)NC[C@H](O)c2ccc(O)c(NS(C)(=O)=O)c2)cc1OC. The highest BCUT2D eigenvalue weighted by molar-refractivity contribution is 7.92. The van der Waals surface area contributed by atoms with Crippen LogP contribution >= 0.6 is 0 Å². The van der Waals surface area contributed by atoms with Crippen LogP contribution < -0.4 is 19.5 Å². The van der Waals surface area contributed by atoms with Gasteiger partial charge in [-0.15, -0.1) is 0 Å². The Bertz CT molecular complexity index is 1200. The van der Waals surface area contributed by atoms with Gasteiger partial charge in [0.15, 0.2) is 11.5 Å². The molecule has 0 fully saturated rings. The Labute approximate surface area is 200 Å². The summed E-state index contributed by atoms with van der Waals surface area (Å²) < 4.78 is 36.2. The summed E-state index contributed by atoms with van der Waals surface area (Å²) in [4.78, 5) is 0. The van der Waals surface area contributed by atoms with E-state index in [1.807, 2.05) is 48.5 Å². The number of rotatable bonds is 11. The molecule has 3 rings (SSSR count). The summed E-state index contributed by atoms with van der Waals surface area (Å²) in [5, 5.41) is 24.2. The lowest BCUT2D eigenvalue weighted by molar-refractivity contribution is 0.169. The summed E-state index contributed by atoms with van der Waals surface area (Å²) in [6.07, 6.45) is 0.715. The van der Waals surface area contributed by atoms with Crippen LogP contribution in [0.5, 0.6) is 17.2 Å². The summed E-state index contributed by atoms with van der Waals surface area (Å²) in [5.74, 6) is 1.01. The topological polar surface area (TPSA) is 117 Å². The first-order chi connectivity index (χ1) is 16.2. The number of anilines is 1. The molecule has 0 aliphatic carbocycles. The number of aliphatic hydroxyl groups excluding tert-OH is 1. The maximum absolute atomic E-state index is 11.6. The van der Waals surface area contributed by atoms with Crippen LogP contribution in [0.25, 0.3) is 0 Å². The maximum Gasteiger partial charge on any atom is 0.229 e. The minimum Gasteiger partial charge on any atom is -0.506 e. The molecule has 0 heterocycles. The van der Waals surface area contributed by atoms with Crippen LogP contribution in [0.15, 0.2) is 66.7 Å². The summed E-state index contributed by atoms with van der Waals surface area (Å²) in [6.45, 7) is 0.189. The van der Waals surface area contributed by atoms with Crippen molar-refractivity contribution in [2.45, 2.75) is 18.6 Å². The monoisotopic (exact) mass is 486 g/mol. The summed E-state index contributed by atoms with van der Waals surface area (Å²) >= 11 is 0. The molecule has 0 saturated heterocycles. The van der Waals surface area contributed by atoms with Crippen molar-refractivity contribution in [3.05, 3.63) is 83.4 Å². The van der Waals surface area contributed by atoms with Crippen LogP contribution in [0.2, 0.25) is 0 Å². The number of hydrogen-bond acceptors (Lipinski definition) is 7. The van der Waals surface area contributed by atoms with Gasteiger partial charge >= 0.3 is 0 Å². The zero-order chi connectivity index (χ0) is 24.7. The van der Waals surface area contributed by atoms with Gasteiger partial charge in [-0.2, -0.15) is 0 Å². The quantitative estimate of drug-likeness (QED) is 0.307.